The summed E-state index contributed by atoms with van der Waals surface area (Å²) in [7, 11) is 0. The first-order chi connectivity index (χ1) is 9.38. The fraction of sp³-hybridized carbons (Fsp3) is 0.600. The molecule has 0 radical (unpaired) electrons. The van der Waals surface area contributed by atoms with Crippen molar-refractivity contribution < 1.29 is 0 Å². The van der Waals surface area contributed by atoms with Crippen LogP contribution in [0.2, 0.25) is 0 Å². The van der Waals surface area contributed by atoms with E-state index in [1.165, 1.54) is 4.88 Å². The molecule has 5 heteroatoms. The second-order valence-corrected chi connectivity index (χ2v) is 7.25. The predicted octanol–water partition coefficient (Wildman–Crippen LogP) is 3.41. The summed E-state index contributed by atoms with van der Waals surface area (Å²) in [5.41, 5.74) is 3.23. The van der Waals surface area contributed by atoms with Gasteiger partial charge in [0.05, 0.1) is 17.5 Å². The molecule has 4 nitrogen and oxygen atoms in total. The number of thiazole rings is 1. The van der Waals surface area contributed by atoms with Crippen LogP contribution < -0.4 is 5.32 Å². The minimum absolute atomic E-state index is 0.178. The Labute approximate surface area is 125 Å². The normalized spacial score (nSPS) is 15.2. The maximum Gasteiger partial charge on any atom is 0.0946 e. The Morgan fingerprint density at radius 3 is 2.65 bits per heavy atom. The summed E-state index contributed by atoms with van der Waals surface area (Å²) in [5.74, 6) is 0. The average molecular weight is 292 g/mol. The van der Waals surface area contributed by atoms with E-state index in [1.807, 2.05) is 24.2 Å². The highest BCUT2D eigenvalue weighted by atomic mass is 32.1. The number of aryl methyl sites for hydroxylation is 1. The zero-order valence-electron chi connectivity index (χ0n) is 12.9. The summed E-state index contributed by atoms with van der Waals surface area (Å²) < 4.78 is 2.13. The van der Waals surface area contributed by atoms with Crippen LogP contribution in [0.5, 0.6) is 0 Å². The van der Waals surface area contributed by atoms with E-state index in [9.17, 15) is 0 Å². The van der Waals surface area contributed by atoms with Gasteiger partial charge in [0.25, 0.3) is 0 Å². The van der Waals surface area contributed by atoms with Crippen molar-refractivity contribution in [1.29, 1.82) is 0 Å². The molecular weight excluding hydrogens is 268 g/mol. The zero-order valence-corrected chi connectivity index (χ0v) is 13.7. The fourth-order valence-corrected chi connectivity index (χ4v) is 3.11. The number of aromatic nitrogens is 3. The molecular formula is C15H24N4S. The molecule has 0 saturated heterocycles. The van der Waals surface area contributed by atoms with Gasteiger partial charge in [0.2, 0.25) is 0 Å². The summed E-state index contributed by atoms with van der Waals surface area (Å²) in [6.07, 6.45) is 5.72. The Kier molecular flexibility index (Phi) is 4.60. The lowest BCUT2D eigenvalue weighted by Crippen LogP contribution is -2.44. The van der Waals surface area contributed by atoms with Gasteiger partial charge in [-0.15, -0.1) is 11.3 Å². The van der Waals surface area contributed by atoms with Crippen molar-refractivity contribution in [2.75, 3.05) is 0 Å². The van der Waals surface area contributed by atoms with E-state index in [4.69, 9.17) is 0 Å². The van der Waals surface area contributed by atoms with E-state index in [-0.39, 0.29) is 5.41 Å². The van der Waals surface area contributed by atoms with Crippen LogP contribution in [0.3, 0.4) is 0 Å². The number of hydrogen-bond donors (Lipinski definition) is 1. The predicted molar refractivity (Wildman–Crippen MR) is 83.9 cm³/mol. The minimum atomic E-state index is 0.178. The van der Waals surface area contributed by atoms with Crippen molar-refractivity contribution in [3.63, 3.8) is 0 Å². The van der Waals surface area contributed by atoms with Crippen LogP contribution in [0.4, 0.5) is 0 Å². The summed E-state index contributed by atoms with van der Waals surface area (Å²) in [6.45, 7) is 12.0. The van der Waals surface area contributed by atoms with Crippen LogP contribution in [-0.4, -0.2) is 20.6 Å². The first-order valence-electron chi connectivity index (χ1n) is 6.99. The average Bonchev–Trinajstić information content (AvgIpc) is 2.98. The largest absolute Gasteiger partial charge is 0.336 e. The van der Waals surface area contributed by atoms with Gasteiger partial charge in [0, 0.05) is 35.9 Å². The molecule has 2 atom stereocenters. The van der Waals surface area contributed by atoms with Crippen LogP contribution in [0.15, 0.2) is 24.2 Å². The molecule has 20 heavy (non-hydrogen) atoms. The van der Waals surface area contributed by atoms with Crippen molar-refractivity contribution in [3.05, 3.63) is 34.8 Å². The van der Waals surface area contributed by atoms with Crippen molar-refractivity contribution in [3.8, 4) is 0 Å². The molecule has 110 valence electrons. The van der Waals surface area contributed by atoms with Crippen LogP contribution >= 0.6 is 11.3 Å². The molecule has 0 aromatic carbocycles. The molecule has 2 unspecified atom stereocenters. The highest BCUT2D eigenvalue weighted by molar-refractivity contribution is 7.09. The van der Waals surface area contributed by atoms with Crippen LogP contribution in [0.25, 0.3) is 0 Å². The first kappa shape index (κ1) is 15.2. The van der Waals surface area contributed by atoms with E-state index in [0.717, 1.165) is 12.2 Å². The standard InChI is InChI=1S/C15H24N4S/c1-11-14(20-10-17-11)12(2)18-13(15(3,4)5)8-19-7-6-16-9-19/h6-7,9-10,12-13,18H,8H2,1-5H3. The Bertz CT molecular complexity index is 524. The summed E-state index contributed by atoms with van der Waals surface area (Å²) >= 11 is 1.73. The Morgan fingerprint density at radius 2 is 2.15 bits per heavy atom. The Hall–Kier alpha value is -1.20. The third kappa shape index (κ3) is 3.67. The van der Waals surface area contributed by atoms with Gasteiger partial charge in [0.15, 0.2) is 0 Å². The van der Waals surface area contributed by atoms with Gasteiger partial charge < -0.3 is 9.88 Å². The SMILES string of the molecule is Cc1ncsc1C(C)NC(Cn1ccnc1)C(C)(C)C. The summed E-state index contributed by atoms with van der Waals surface area (Å²) in [5, 5.41) is 3.76. The molecule has 0 amide bonds. The number of nitrogens with one attached hydrogen (secondary N) is 1. The van der Waals surface area contributed by atoms with Gasteiger partial charge >= 0.3 is 0 Å². The highest BCUT2D eigenvalue weighted by Crippen LogP contribution is 2.27. The Morgan fingerprint density at radius 1 is 1.40 bits per heavy atom. The second kappa shape index (κ2) is 6.06. The highest BCUT2D eigenvalue weighted by Gasteiger charge is 2.27. The van der Waals surface area contributed by atoms with Gasteiger partial charge in [-0.2, -0.15) is 0 Å². The minimum Gasteiger partial charge on any atom is -0.336 e. The summed E-state index contributed by atoms with van der Waals surface area (Å²) in [6, 6.07) is 0.684. The van der Waals surface area contributed by atoms with E-state index in [1.54, 1.807) is 11.3 Å². The monoisotopic (exact) mass is 292 g/mol. The van der Waals surface area contributed by atoms with Gasteiger partial charge in [0.1, 0.15) is 0 Å². The maximum atomic E-state index is 4.35. The molecule has 2 heterocycles. The van der Waals surface area contributed by atoms with E-state index >= 15 is 0 Å². The van der Waals surface area contributed by atoms with E-state index < -0.39 is 0 Å². The Balaban J connectivity index is 2.10. The molecule has 0 spiro atoms. The van der Waals surface area contributed by atoms with Crippen molar-refractivity contribution in [2.45, 2.75) is 53.2 Å². The maximum absolute atomic E-state index is 4.35. The van der Waals surface area contributed by atoms with Gasteiger partial charge in [-0.05, 0) is 19.3 Å². The number of hydrogen-bond acceptors (Lipinski definition) is 4. The number of imidazole rings is 1. The summed E-state index contributed by atoms with van der Waals surface area (Å²) in [4.78, 5) is 9.80. The number of nitrogens with zero attached hydrogens (tertiary/aromatic N) is 3. The smallest absolute Gasteiger partial charge is 0.0946 e. The lowest BCUT2D eigenvalue weighted by atomic mass is 9.86. The zero-order chi connectivity index (χ0) is 14.8. The van der Waals surface area contributed by atoms with E-state index in [0.29, 0.717) is 12.1 Å². The molecule has 0 bridgehead atoms. The van der Waals surface area contributed by atoms with Crippen LogP contribution in [-0.2, 0) is 6.54 Å². The second-order valence-electron chi connectivity index (χ2n) is 6.37. The molecule has 2 aromatic rings. The van der Waals surface area contributed by atoms with Crippen molar-refractivity contribution in [1.82, 2.24) is 19.9 Å². The lowest BCUT2D eigenvalue weighted by molar-refractivity contribution is 0.226. The molecule has 0 aliphatic heterocycles. The van der Waals surface area contributed by atoms with E-state index in [2.05, 4.69) is 54.5 Å². The molecule has 2 rings (SSSR count). The third-order valence-electron chi connectivity index (χ3n) is 3.63. The molecule has 0 aliphatic rings. The molecule has 0 fully saturated rings. The fourth-order valence-electron chi connectivity index (χ4n) is 2.29. The van der Waals surface area contributed by atoms with Crippen LogP contribution in [0.1, 0.15) is 44.3 Å². The van der Waals surface area contributed by atoms with Crippen molar-refractivity contribution in [2.24, 2.45) is 5.41 Å². The molecule has 2 aromatic heterocycles. The van der Waals surface area contributed by atoms with Gasteiger partial charge in [-0.25, -0.2) is 9.97 Å². The molecule has 0 saturated carbocycles. The number of rotatable bonds is 5. The quantitative estimate of drug-likeness (QED) is 0.918. The first-order valence-corrected chi connectivity index (χ1v) is 7.87. The van der Waals surface area contributed by atoms with Gasteiger partial charge in [-0.3, -0.25) is 0 Å². The molecule has 1 N–H and O–H groups in total. The van der Waals surface area contributed by atoms with Crippen molar-refractivity contribution >= 4 is 11.3 Å². The molecule has 0 aliphatic carbocycles. The van der Waals surface area contributed by atoms with Crippen LogP contribution in [0, 0.1) is 12.3 Å². The third-order valence-corrected chi connectivity index (χ3v) is 4.74. The topological polar surface area (TPSA) is 42.7 Å². The van der Waals surface area contributed by atoms with Gasteiger partial charge in [-0.1, -0.05) is 20.8 Å². The lowest BCUT2D eigenvalue weighted by Gasteiger charge is -2.34.